The highest BCUT2D eigenvalue weighted by atomic mass is 32.2. The van der Waals surface area contributed by atoms with Crippen molar-refractivity contribution in [3.8, 4) is 0 Å². The van der Waals surface area contributed by atoms with Crippen LogP contribution in [0.3, 0.4) is 0 Å². The van der Waals surface area contributed by atoms with Crippen molar-refractivity contribution in [1.82, 2.24) is 9.97 Å². The molecule has 0 amide bonds. The molecule has 5 heteroatoms. The first-order valence-electron chi connectivity index (χ1n) is 5.70. The van der Waals surface area contributed by atoms with Gasteiger partial charge in [0.15, 0.2) is 0 Å². The number of nitrogens with zero attached hydrogens (tertiary/aromatic N) is 2. The van der Waals surface area contributed by atoms with E-state index in [4.69, 9.17) is 5.11 Å². The Balaban J connectivity index is 2.72. The normalized spacial score (nSPS) is 10.8. The Kier molecular flexibility index (Phi) is 5.41. The molecule has 0 aromatic carbocycles. The van der Waals surface area contributed by atoms with Crippen LogP contribution in [0.25, 0.3) is 0 Å². The summed E-state index contributed by atoms with van der Waals surface area (Å²) in [6, 6.07) is 0. The molecule has 1 rings (SSSR count). The molecule has 1 aromatic heterocycles. The van der Waals surface area contributed by atoms with Crippen LogP contribution in [-0.2, 0) is 12.2 Å². The lowest BCUT2D eigenvalue weighted by Crippen LogP contribution is -2.08. The summed E-state index contributed by atoms with van der Waals surface area (Å²) in [5, 5.41) is 8.95. The van der Waals surface area contributed by atoms with E-state index in [1.807, 2.05) is 6.92 Å². The number of hydrogen-bond donors (Lipinski definition) is 1. The van der Waals surface area contributed by atoms with Gasteiger partial charge in [-0.25, -0.2) is 14.8 Å². The Labute approximate surface area is 106 Å². The van der Waals surface area contributed by atoms with Crippen LogP contribution < -0.4 is 0 Å². The first-order chi connectivity index (χ1) is 8.04. The number of carboxylic acids is 1. The molecule has 94 valence electrons. The van der Waals surface area contributed by atoms with Crippen molar-refractivity contribution in [3.05, 3.63) is 23.3 Å². The van der Waals surface area contributed by atoms with E-state index in [9.17, 15) is 4.79 Å². The number of hydrogen-bond acceptors (Lipinski definition) is 4. The molecule has 0 fully saturated rings. The minimum absolute atomic E-state index is 0.213. The van der Waals surface area contributed by atoms with Gasteiger partial charge in [-0.15, -0.1) is 0 Å². The molecule has 0 saturated carbocycles. The van der Waals surface area contributed by atoms with E-state index in [0.717, 1.165) is 17.3 Å². The predicted octanol–water partition coefficient (Wildman–Crippen LogP) is 2.63. The molecule has 1 heterocycles. The van der Waals surface area contributed by atoms with Crippen LogP contribution in [0.5, 0.6) is 0 Å². The van der Waals surface area contributed by atoms with Gasteiger partial charge in [-0.3, -0.25) is 0 Å². The fourth-order valence-electron chi connectivity index (χ4n) is 1.36. The molecule has 0 aliphatic carbocycles. The predicted molar refractivity (Wildman–Crippen MR) is 69.4 cm³/mol. The first-order valence-corrected chi connectivity index (χ1v) is 6.85. The number of carbonyl (C=O) groups is 1. The van der Waals surface area contributed by atoms with Gasteiger partial charge in [0.25, 0.3) is 0 Å². The van der Waals surface area contributed by atoms with Crippen LogP contribution in [0.1, 0.15) is 42.6 Å². The lowest BCUT2D eigenvalue weighted by Gasteiger charge is -2.06. The Hall–Kier alpha value is -1.10. The highest BCUT2D eigenvalue weighted by Gasteiger charge is 2.11. The van der Waals surface area contributed by atoms with E-state index in [1.165, 1.54) is 6.20 Å². The summed E-state index contributed by atoms with van der Waals surface area (Å²) in [4.78, 5) is 19.3. The van der Waals surface area contributed by atoms with Gasteiger partial charge in [-0.05, 0) is 18.1 Å². The summed E-state index contributed by atoms with van der Waals surface area (Å²) in [7, 11) is 0. The molecule has 4 nitrogen and oxygen atoms in total. The number of aryl methyl sites for hydroxylation is 1. The van der Waals surface area contributed by atoms with Crippen LogP contribution >= 0.6 is 11.8 Å². The van der Waals surface area contributed by atoms with E-state index in [1.54, 1.807) is 11.8 Å². The number of aromatic carboxylic acids is 1. The molecule has 0 radical (unpaired) electrons. The third-order valence-electron chi connectivity index (χ3n) is 2.17. The fraction of sp³-hybridized carbons (Fsp3) is 0.583. The first kappa shape index (κ1) is 14.0. The summed E-state index contributed by atoms with van der Waals surface area (Å²) >= 11 is 1.78. The van der Waals surface area contributed by atoms with Crippen molar-refractivity contribution in [1.29, 1.82) is 0 Å². The summed E-state index contributed by atoms with van der Waals surface area (Å²) in [5.74, 6) is 2.21. The van der Waals surface area contributed by atoms with Gasteiger partial charge >= 0.3 is 5.97 Å². The number of rotatable bonds is 6. The maximum absolute atomic E-state index is 10.9. The topological polar surface area (TPSA) is 63.1 Å². The third kappa shape index (κ3) is 4.34. The van der Waals surface area contributed by atoms with Crippen molar-refractivity contribution < 1.29 is 9.90 Å². The van der Waals surface area contributed by atoms with Crippen LogP contribution in [0, 0.1) is 5.92 Å². The van der Waals surface area contributed by atoms with Crippen LogP contribution in [0.4, 0.5) is 0 Å². The van der Waals surface area contributed by atoms with E-state index in [2.05, 4.69) is 23.8 Å². The second-order valence-electron chi connectivity index (χ2n) is 4.21. The van der Waals surface area contributed by atoms with E-state index >= 15 is 0 Å². The number of thioether (sulfide) groups is 1. The average Bonchev–Trinajstić information content (AvgIpc) is 2.28. The van der Waals surface area contributed by atoms with Crippen molar-refractivity contribution in [3.63, 3.8) is 0 Å². The number of aromatic nitrogens is 2. The Morgan fingerprint density at radius 3 is 2.76 bits per heavy atom. The molecule has 0 bridgehead atoms. The lowest BCUT2D eigenvalue weighted by molar-refractivity contribution is 0.0694. The summed E-state index contributed by atoms with van der Waals surface area (Å²) in [6.45, 7) is 6.23. The van der Waals surface area contributed by atoms with Crippen LogP contribution in [0.15, 0.2) is 6.20 Å². The molecular weight excluding hydrogens is 236 g/mol. The zero-order chi connectivity index (χ0) is 12.8. The van der Waals surface area contributed by atoms with Crippen LogP contribution in [-0.4, -0.2) is 26.8 Å². The standard InChI is InChI=1S/C12H18N2O2S/c1-4-10-9(12(15)16)5-13-11(14-10)7-17-6-8(2)3/h5,8H,4,6-7H2,1-3H3,(H,15,16). The molecular formula is C12H18N2O2S. The minimum atomic E-state index is -0.955. The Morgan fingerprint density at radius 1 is 1.53 bits per heavy atom. The third-order valence-corrected chi connectivity index (χ3v) is 3.53. The van der Waals surface area contributed by atoms with Crippen molar-refractivity contribution >= 4 is 17.7 Å². The SMILES string of the molecule is CCc1nc(CSCC(C)C)ncc1C(=O)O. The van der Waals surface area contributed by atoms with Crippen molar-refractivity contribution in [2.75, 3.05) is 5.75 Å². The summed E-state index contributed by atoms with van der Waals surface area (Å²) < 4.78 is 0. The van der Waals surface area contributed by atoms with Gasteiger partial charge in [0.05, 0.1) is 17.0 Å². The highest BCUT2D eigenvalue weighted by Crippen LogP contribution is 2.14. The monoisotopic (exact) mass is 254 g/mol. The van der Waals surface area contributed by atoms with Gasteiger partial charge in [0, 0.05) is 6.20 Å². The van der Waals surface area contributed by atoms with Crippen LogP contribution in [0.2, 0.25) is 0 Å². The molecule has 0 aliphatic heterocycles. The Bertz CT molecular complexity index is 394. The molecule has 17 heavy (non-hydrogen) atoms. The molecule has 1 aromatic rings. The maximum atomic E-state index is 10.9. The molecule has 0 atom stereocenters. The van der Waals surface area contributed by atoms with Gasteiger partial charge in [0.1, 0.15) is 5.82 Å². The second-order valence-corrected chi connectivity index (χ2v) is 5.24. The largest absolute Gasteiger partial charge is 0.478 e. The van der Waals surface area contributed by atoms with Crippen molar-refractivity contribution in [2.45, 2.75) is 32.9 Å². The lowest BCUT2D eigenvalue weighted by atomic mass is 10.2. The molecule has 1 N–H and O–H groups in total. The average molecular weight is 254 g/mol. The Morgan fingerprint density at radius 2 is 2.24 bits per heavy atom. The van der Waals surface area contributed by atoms with E-state index in [0.29, 0.717) is 18.0 Å². The van der Waals surface area contributed by atoms with E-state index in [-0.39, 0.29) is 5.56 Å². The fourth-order valence-corrected chi connectivity index (χ4v) is 2.27. The minimum Gasteiger partial charge on any atom is -0.478 e. The van der Waals surface area contributed by atoms with Gasteiger partial charge in [-0.2, -0.15) is 11.8 Å². The quantitative estimate of drug-likeness (QED) is 0.845. The summed E-state index contributed by atoms with van der Waals surface area (Å²) in [5.41, 5.74) is 0.831. The zero-order valence-electron chi connectivity index (χ0n) is 10.4. The van der Waals surface area contributed by atoms with E-state index < -0.39 is 5.97 Å². The zero-order valence-corrected chi connectivity index (χ0v) is 11.3. The summed E-state index contributed by atoms with van der Waals surface area (Å²) in [6.07, 6.45) is 2.03. The molecule has 0 unspecified atom stereocenters. The molecule has 0 aliphatic rings. The second kappa shape index (κ2) is 6.59. The van der Waals surface area contributed by atoms with Gasteiger partial charge < -0.3 is 5.11 Å². The maximum Gasteiger partial charge on any atom is 0.339 e. The van der Waals surface area contributed by atoms with Crippen molar-refractivity contribution in [2.24, 2.45) is 5.92 Å². The van der Waals surface area contributed by atoms with Gasteiger partial charge in [-0.1, -0.05) is 20.8 Å². The highest BCUT2D eigenvalue weighted by molar-refractivity contribution is 7.98. The number of carboxylic acid groups (broad SMARTS) is 1. The van der Waals surface area contributed by atoms with Gasteiger partial charge in [0.2, 0.25) is 0 Å². The molecule has 0 saturated heterocycles. The molecule has 0 spiro atoms. The smallest absolute Gasteiger partial charge is 0.339 e.